The topological polar surface area (TPSA) is 107 Å². The van der Waals surface area contributed by atoms with Crippen LogP contribution < -0.4 is 10.1 Å². The second-order valence-corrected chi connectivity index (χ2v) is 9.75. The number of aromatic nitrogens is 1. The highest BCUT2D eigenvalue weighted by molar-refractivity contribution is 7.89. The second-order valence-electron chi connectivity index (χ2n) is 7.63. The van der Waals surface area contributed by atoms with Crippen molar-refractivity contribution < 1.29 is 27.5 Å². The van der Waals surface area contributed by atoms with Crippen LogP contribution in [0.15, 0.2) is 29.2 Å². The Morgan fingerprint density at radius 3 is 2.32 bits per heavy atom. The third-order valence-corrected chi connectivity index (χ3v) is 7.13. The maximum absolute atomic E-state index is 12.7. The van der Waals surface area contributed by atoms with Crippen molar-refractivity contribution in [3.63, 3.8) is 0 Å². The van der Waals surface area contributed by atoms with E-state index in [0.717, 1.165) is 15.7 Å². The van der Waals surface area contributed by atoms with Crippen molar-refractivity contribution >= 4 is 33.7 Å². The molecule has 0 unspecified atom stereocenters. The Labute approximate surface area is 201 Å². The zero-order valence-electron chi connectivity index (χ0n) is 20.8. The summed E-state index contributed by atoms with van der Waals surface area (Å²) in [5.74, 6) is -0.718. The van der Waals surface area contributed by atoms with Gasteiger partial charge in [-0.05, 0) is 58.9 Å². The van der Waals surface area contributed by atoms with Crippen LogP contribution in [0.3, 0.4) is 0 Å². The van der Waals surface area contributed by atoms with Crippen molar-refractivity contribution in [3.05, 3.63) is 46.8 Å². The number of nitrogens with one attached hydrogen (secondary N) is 1. The number of hydrogen-bond acceptors (Lipinski definition) is 6. The average Bonchev–Trinajstić information content (AvgIpc) is 3.02. The molecule has 34 heavy (non-hydrogen) atoms. The number of hydrogen-bond donors (Lipinski definition) is 1. The molecule has 2 rings (SSSR count). The third kappa shape index (κ3) is 5.68. The van der Waals surface area contributed by atoms with Gasteiger partial charge in [0.1, 0.15) is 10.6 Å². The van der Waals surface area contributed by atoms with E-state index in [4.69, 9.17) is 9.47 Å². The van der Waals surface area contributed by atoms with Gasteiger partial charge in [0.15, 0.2) is 0 Å². The molecular weight excluding hydrogens is 458 g/mol. The van der Waals surface area contributed by atoms with E-state index in [9.17, 15) is 18.0 Å². The number of esters is 1. The van der Waals surface area contributed by atoms with Crippen LogP contribution in [-0.4, -0.2) is 56.5 Å². The molecule has 10 heteroatoms. The summed E-state index contributed by atoms with van der Waals surface area (Å²) in [6.45, 7) is 10.4. The van der Waals surface area contributed by atoms with Crippen molar-refractivity contribution in [3.8, 4) is 5.75 Å². The number of benzene rings is 1. The van der Waals surface area contributed by atoms with Crippen LogP contribution in [0.4, 0.5) is 5.69 Å². The Kier molecular flexibility index (Phi) is 9.06. The van der Waals surface area contributed by atoms with Gasteiger partial charge >= 0.3 is 5.97 Å². The van der Waals surface area contributed by atoms with Gasteiger partial charge in [0.05, 0.1) is 18.8 Å². The van der Waals surface area contributed by atoms with Crippen molar-refractivity contribution in [2.45, 2.75) is 46.1 Å². The lowest BCUT2D eigenvalue weighted by Gasteiger charge is -2.16. The molecule has 0 saturated carbocycles. The number of carbonyl (C=O) groups is 2. The van der Waals surface area contributed by atoms with Gasteiger partial charge in [-0.25, -0.2) is 17.5 Å². The Morgan fingerprint density at radius 1 is 1.09 bits per heavy atom. The summed E-state index contributed by atoms with van der Waals surface area (Å²) < 4.78 is 39.1. The summed E-state index contributed by atoms with van der Waals surface area (Å²) in [4.78, 5) is 25.1. The Hall–Kier alpha value is -3.11. The molecule has 186 valence electrons. The van der Waals surface area contributed by atoms with Gasteiger partial charge in [-0.3, -0.25) is 4.79 Å². The molecule has 0 aliphatic carbocycles. The summed E-state index contributed by atoms with van der Waals surface area (Å²) in [5, 5.41) is 2.67. The first-order valence-electron chi connectivity index (χ1n) is 11.0. The molecule has 0 bridgehead atoms. The molecule has 1 aromatic heterocycles. The standard InChI is InChI=1S/C24H33N3O6S/c1-8-27-16(4)19(23(17(27)5)24(29)33-10-3)12-14-22(28)25-18-11-13-20(32-9-2)21(15-18)34(30,31)26(6)7/h11-15H,8-10H2,1-7H3,(H,25,28)/b14-12+. The van der Waals surface area contributed by atoms with E-state index in [1.165, 1.54) is 32.3 Å². The number of amides is 1. The van der Waals surface area contributed by atoms with E-state index in [-0.39, 0.29) is 17.3 Å². The minimum atomic E-state index is -3.79. The van der Waals surface area contributed by atoms with Gasteiger partial charge in [-0.1, -0.05) is 0 Å². The van der Waals surface area contributed by atoms with Gasteiger partial charge < -0.3 is 19.4 Å². The molecule has 0 radical (unpaired) electrons. The molecule has 0 saturated heterocycles. The van der Waals surface area contributed by atoms with Crippen LogP contribution in [0, 0.1) is 13.8 Å². The zero-order chi connectivity index (χ0) is 25.6. The van der Waals surface area contributed by atoms with Gasteiger partial charge in [0.25, 0.3) is 0 Å². The van der Waals surface area contributed by atoms with E-state index in [2.05, 4.69) is 5.32 Å². The van der Waals surface area contributed by atoms with Crippen LogP contribution >= 0.6 is 0 Å². The first-order valence-corrected chi connectivity index (χ1v) is 12.5. The number of ether oxygens (including phenoxy) is 2. The first kappa shape index (κ1) is 27.1. The molecule has 9 nitrogen and oxygen atoms in total. The largest absolute Gasteiger partial charge is 0.492 e. The van der Waals surface area contributed by atoms with Crippen LogP contribution in [0.2, 0.25) is 0 Å². The van der Waals surface area contributed by atoms with Crippen molar-refractivity contribution in [1.29, 1.82) is 0 Å². The van der Waals surface area contributed by atoms with Gasteiger partial charge in [0, 0.05) is 49.4 Å². The predicted molar refractivity (Wildman–Crippen MR) is 132 cm³/mol. The minimum absolute atomic E-state index is 0.0442. The molecule has 0 atom stereocenters. The highest BCUT2D eigenvalue weighted by Crippen LogP contribution is 2.29. The Morgan fingerprint density at radius 2 is 1.76 bits per heavy atom. The molecule has 0 aliphatic heterocycles. The first-order chi connectivity index (χ1) is 16.0. The normalized spacial score (nSPS) is 11.8. The highest BCUT2D eigenvalue weighted by Gasteiger charge is 2.24. The smallest absolute Gasteiger partial charge is 0.340 e. The fourth-order valence-electron chi connectivity index (χ4n) is 3.65. The molecular formula is C24H33N3O6S. The van der Waals surface area contributed by atoms with Gasteiger partial charge in [-0.15, -0.1) is 0 Å². The third-order valence-electron chi connectivity index (χ3n) is 5.30. The minimum Gasteiger partial charge on any atom is -0.492 e. The highest BCUT2D eigenvalue weighted by atomic mass is 32.2. The summed E-state index contributed by atoms with van der Waals surface area (Å²) in [7, 11) is -0.943. The molecule has 1 amide bonds. The summed E-state index contributed by atoms with van der Waals surface area (Å²) in [6, 6.07) is 4.43. The predicted octanol–water partition coefficient (Wildman–Crippen LogP) is 3.60. The molecule has 0 spiro atoms. The van der Waals surface area contributed by atoms with Gasteiger partial charge in [-0.2, -0.15) is 0 Å². The van der Waals surface area contributed by atoms with E-state index in [0.29, 0.717) is 30.0 Å². The van der Waals surface area contributed by atoms with E-state index < -0.39 is 21.9 Å². The van der Waals surface area contributed by atoms with Crippen molar-refractivity contribution in [2.24, 2.45) is 0 Å². The fraction of sp³-hybridized carbons (Fsp3) is 0.417. The number of anilines is 1. The Bertz CT molecular complexity index is 1200. The maximum Gasteiger partial charge on any atom is 0.340 e. The van der Waals surface area contributed by atoms with Crippen molar-refractivity contribution in [2.75, 3.05) is 32.6 Å². The molecule has 0 fully saturated rings. The number of carbonyl (C=O) groups excluding carboxylic acids is 2. The summed E-state index contributed by atoms with van der Waals surface area (Å²) in [5.41, 5.74) is 2.93. The lowest BCUT2D eigenvalue weighted by Crippen LogP contribution is -2.23. The Balaban J connectivity index is 2.39. The van der Waals surface area contributed by atoms with Crippen molar-refractivity contribution in [1.82, 2.24) is 8.87 Å². The quantitative estimate of drug-likeness (QED) is 0.402. The number of nitrogens with zero attached hydrogens (tertiary/aromatic N) is 2. The molecule has 1 aromatic carbocycles. The maximum atomic E-state index is 12.7. The SMILES string of the molecule is CCOC(=O)c1c(/C=C/C(=O)Nc2ccc(OCC)c(S(=O)(=O)N(C)C)c2)c(C)n(CC)c1C. The number of rotatable bonds is 10. The molecule has 0 aliphatic rings. The van der Waals surface area contributed by atoms with E-state index >= 15 is 0 Å². The lowest BCUT2D eigenvalue weighted by molar-refractivity contribution is -0.111. The van der Waals surface area contributed by atoms with Gasteiger partial charge in [0.2, 0.25) is 15.9 Å². The summed E-state index contributed by atoms with van der Waals surface area (Å²) in [6.07, 6.45) is 2.88. The van der Waals surface area contributed by atoms with Crippen LogP contribution in [0.25, 0.3) is 6.08 Å². The van der Waals surface area contributed by atoms with E-state index in [1.54, 1.807) is 26.0 Å². The summed E-state index contributed by atoms with van der Waals surface area (Å²) >= 11 is 0. The van der Waals surface area contributed by atoms with Crippen LogP contribution in [0.1, 0.15) is 48.1 Å². The molecule has 2 aromatic rings. The lowest BCUT2D eigenvalue weighted by atomic mass is 10.1. The number of sulfonamides is 1. The molecule has 1 N–H and O–H groups in total. The zero-order valence-corrected chi connectivity index (χ0v) is 21.6. The second kappa shape index (κ2) is 11.3. The van der Waals surface area contributed by atoms with E-state index in [1.807, 2.05) is 25.3 Å². The monoisotopic (exact) mass is 491 g/mol. The average molecular weight is 492 g/mol. The van der Waals surface area contributed by atoms with Crippen LogP contribution in [0.5, 0.6) is 5.75 Å². The van der Waals surface area contributed by atoms with Crippen LogP contribution in [-0.2, 0) is 26.1 Å². The molecule has 1 heterocycles. The fourth-order valence-corrected chi connectivity index (χ4v) is 4.70.